The third kappa shape index (κ3) is 4.39. The third-order valence-electron chi connectivity index (χ3n) is 6.85. The van der Waals surface area contributed by atoms with Gasteiger partial charge in [-0.25, -0.2) is 9.67 Å². The number of carbonyl (C=O) groups excluding carboxylic acids is 1. The van der Waals surface area contributed by atoms with E-state index in [0.29, 0.717) is 11.7 Å². The summed E-state index contributed by atoms with van der Waals surface area (Å²) in [6.07, 6.45) is 4.46. The van der Waals surface area contributed by atoms with Crippen LogP contribution in [0.5, 0.6) is 0 Å². The van der Waals surface area contributed by atoms with Gasteiger partial charge in [-0.05, 0) is 45.2 Å². The molecule has 7 heteroatoms. The van der Waals surface area contributed by atoms with Gasteiger partial charge in [0.1, 0.15) is 0 Å². The van der Waals surface area contributed by atoms with Crippen LogP contribution in [0.25, 0.3) is 22.3 Å². The smallest absolute Gasteiger partial charge is 0.254 e. The van der Waals surface area contributed by atoms with Gasteiger partial charge in [0.2, 0.25) is 0 Å². The lowest BCUT2D eigenvalue weighted by Crippen LogP contribution is -2.50. The zero-order valence-electron chi connectivity index (χ0n) is 19.8. The van der Waals surface area contributed by atoms with E-state index < -0.39 is 0 Å². The van der Waals surface area contributed by atoms with Crippen LogP contribution in [-0.2, 0) is 4.74 Å². The topological polar surface area (TPSA) is 63.5 Å². The zero-order chi connectivity index (χ0) is 22.9. The van der Waals surface area contributed by atoms with Crippen molar-refractivity contribution in [1.82, 2.24) is 24.6 Å². The number of carbonyl (C=O) groups is 1. The summed E-state index contributed by atoms with van der Waals surface area (Å²) in [7, 11) is 0. The first-order valence-electron chi connectivity index (χ1n) is 12.1. The molecule has 0 aliphatic carbocycles. The number of piperazine rings is 1. The molecule has 1 aromatic carbocycles. The van der Waals surface area contributed by atoms with Crippen LogP contribution in [0, 0.1) is 6.92 Å². The fourth-order valence-corrected chi connectivity index (χ4v) is 4.95. The van der Waals surface area contributed by atoms with Crippen LogP contribution < -0.4 is 0 Å². The van der Waals surface area contributed by atoms with Crippen LogP contribution in [0.2, 0.25) is 0 Å². The molecule has 174 valence electrons. The molecule has 1 unspecified atom stereocenters. The Morgan fingerprint density at radius 3 is 2.67 bits per heavy atom. The summed E-state index contributed by atoms with van der Waals surface area (Å²) in [5.41, 5.74) is 4.47. The van der Waals surface area contributed by atoms with Crippen molar-refractivity contribution in [2.24, 2.45) is 0 Å². The molecule has 2 aliphatic heterocycles. The Balaban J connectivity index is 1.44. The Morgan fingerprint density at radius 2 is 1.97 bits per heavy atom. The van der Waals surface area contributed by atoms with Crippen LogP contribution in [0.4, 0.5) is 0 Å². The zero-order valence-corrected chi connectivity index (χ0v) is 19.8. The maximum Gasteiger partial charge on any atom is 0.254 e. The SMILES string of the molecule is Cc1ccccc1-c1cc(C(=O)N2CCN(CC3CCCO3)CC2)c2cnn(C(C)C)c2n1. The minimum absolute atomic E-state index is 0.0670. The van der Waals surface area contributed by atoms with Gasteiger partial charge in [-0.3, -0.25) is 9.69 Å². The Labute approximate surface area is 195 Å². The number of benzene rings is 1. The number of pyridine rings is 1. The molecule has 2 aromatic heterocycles. The first-order chi connectivity index (χ1) is 16.0. The number of hydrogen-bond acceptors (Lipinski definition) is 5. The van der Waals surface area contributed by atoms with Crippen molar-refractivity contribution in [1.29, 1.82) is 0 Å². The second kappa shape index (κ2) is 9.23. The van der Waals surface area contributed by atoms with Crippen LogP contribution in [0.15, 0.2) is 36.5 Å². The molecule has 33 heavy (non-hydrogen) atoms. The van der Waals surface area contributed by atoms with E-state index in [4.69, 9.17) is 9.72 Å². The van der Waals surface area contributed by atoms with Crippen molar-refractivity contribution < 1.29 is 9.53 Å². The highest BCUT2D eigenvalue weighted by atomic mass is 16.5. The lowest BCUT2D eigenvalue weighted by molar-refractivity contribution is 0.0433. The molecule has 2 aliphatic rings. The van der Waals surface area contributed by atoms with Crippen molar-refractivity contribution in [3.63, 3.8) is 0 Å². The minimum Gasteiger partial charge on any atom is -0.377 e. The summed E-state index contributed by atoms with van der Waals surface area (Å²) >= 11 is 0. The number of amides is 1. The van der Waals surface area contributed by atoms with E-state index in [1.54, 1.807) is 6.20 Å². The summed E-state index contributed by atoms with van der Waals surface area (Å²) in [4.78, 5) is 23.1. The van der Waals surface area contributed by atoms with Gasteiger partial charge in [-0.1, -0.05) is 24.3 Å². The molecule has 0 N–H and O–H groups in total. The largest absolute Gasteiger partial charge is 0.377 e. The van der Waals surface area contributed by atoms with Gasteiger partial charge >= 0.3 is 0 Å². The maximum atomic E-state index is 13.7. The number of fused-ring (bicyclic) bond motifs is 1. The summed E-state index contributed by atoms with van der Waals surface area (Å²) in [6, 6.07) is 10.3. The average Bonchev–Trinajstić information content (AvgIpc) is 3.48. The summed E-state index contributed by atoms with van der Waals surface area (Å²) in [5, 5.41) is 5.40. The monoisotopic (exact) mass is 447 g/mol. The van der Waals surface area contributed by atoms with Crippen molar-refractivity contribution in [3.8, 4) is 11.3 Å². The highest BCUT2D eigenvalue weighted by molar-refractivity contribution is 6.06. The number of aryl methyl sites for hydroxylation is 1. The van der Waals surface area contributed by atoms with Gasteiger partial charge < -0.3 is 9.64 Å². The molecule has 5 rings (SSSR count). The quantitative estimate of drug-likeness (QED) is 0.593. The van der Waals surface area contributed by atoms with Crippen LogP contribution in [0.1, 0.15) is 48.7 Å². The molecule has 0 radical (unpaired) electrons. The molecular weight excluding hydrogens is 414 g/mol. The van der Waals surface area contributed by atoms with Gasteiger partial charge in [0.15, 0.2) is 5.65 Å². The number of nitrogens with zero attached hydrogens (tertiary/aromatic N) is 5. The van der Waals surface area contributed by atoms with Crippen LogP contribution in [0.3, 0.4) is 0 Å². The molecule has 2 fully saturated rings. The molecule has 7 nitrogen and oxygen atoms in total. The van der Waals surface area contributed by atoms with E-state index in [1.165, 1.54) is 0 Å². The summed E-state index contributed by atoms with van der Waals surface area (Å²) in [5.74, 6) is 0.0670. The lowest BCUT2D eigenvalue weighted by atomic mass is 10.0. The van der Waals surface area contributed by atoms with Crippen molar-refractivity contribution >= 4 is 16.9 Å². The molecule has 3 aromatic rings. The Morgan fingerprint density at radius 1 is 1.18 bits per heavy atom. The first kappa shape index (κ1) is 22.0. The van der Waals surface area contributed by atoms with Crippen LogP contribution >= 0.6 is 0 Å². The molecule has 2 saturated heterocycles. The molecule has 0 bridgehead atoms. The fourth-order valence-electron chi connectivity index (χ4n) is 4.95. The van der Waals surface area contributed by atoms with E-state index >= 15 is 0 Å². The second-order valence-electron chi connectivity index (χ2n) is 9.52. The first-order valence-corrected chi connectivity index (χ1v) is 12.1. The van der Waals surface area contributed by atoms with E-state index in [-0.39, 0.29) is 11.9 Å². The molecule has 4 heterocycles. The molecule has 1 atom stereocenters. The van der Waals surface area contributed by atoms with Crippen molar-refractivity contribution in [2.45, 2.75) is 45.8 Å². The third-order valence-corrected chi connectivity index (χ3v) is 6.85. The Bertz CT molecular complexity index is 1140. The number of rotatable bonds is 5. The highest BCUT2D eigenvalue weighted by Gasteiger charge is 2.27. The maximum absolute atomic E-state index is 13.7. The van der Waals surface area contributed by atoms with Crippen molar-refractivity contribution in [3.05, 3.63) is 47.7 Å². The van der Waals surface area contributed by atoms with Gasteiger partial charge in [0.05, 0.1) is 28.9 Å². The Kier molecular flexibility index (Phi) is 6.17. The van der Waals surface area contributed by atoms with E-state index in [9.17, 15) is 4.79 Å². The predicted octanol–water partition coefficient (Wildman–Crippen LogP) is 3.92. The minimum atomic E-state index is 0.0670. The molecule has 0 saturated carbocycles. The van der Waals surface area contributed by atoms with E-state index in [0.717, 1.165) is 80.0 Å². The summed E-state index contributed by atoms with van der Waals surface area (Å²) < 4.78 is 7.71. The lowest BCUT2D eigenvalue weighted by Gasteiger charge is -2.35. The normalized spacial score (nSPS) is 19.6. The Hall–Kier alpha value is -2.77. The van der Waals surface area contributed by atoms with Gasteiger partial charge in [0.25, 0.3) is 5.91 Å². The molecule has 0 spiro atoms. The number of ether oxygens (including phenoxy) is 1. The highest BCUT2D eigenvalue weighted by Crippen LogP contribution is 2.29. The number of aromatic nitrogens is 3. The van der Waals surface area contributed by atoms with Gasteiger partial charge in [-0.15, -0.1) is 0 Å². The van der Waals surface area contributed by atoms with Gasteiger partial charge in [-0.2, -0.15) is 5.10 Å². The van der Waals surface area contributed by atoms with Crippen molar-refractivity contribution in [2.75, 3.05) is 39.3 Å². The van der Waals surface area contributed by atoms with E-state index in [2.05, 4.69) is 42.9 Å². The average molecular weight is 448 g/mol. The predicted molar refractivity (Wildman–Crippen MR) is 129 cm³/mol. The number of hydrogen-bond donors (Lipinski definition) is 0. The van der Waals surface area contributed by atoms with E-state index in [1.807, 2.05) is 27.8 Å². The standard InChI is InChI=1S/C26H33N5O2/c1-18(2)31-25-23(16-27-31)22(15-24(28-25)21-9-5-4-7-19(21)3)26(32)30-12-10-29(11-13-30)17-20-8-6-14-33-20/h4-5,7,9,15-16,18,20H,6,8,10-14,17H2,1-3H3. The second-order valence-corrected chi connectivity index (χ2v) is 9.52. The molecular formula is C26H33N5O2. The van der Waals surface area contributed by atoms with Crippen LogP contribution in [-0.4, -0.2) is 75.9 Å². The van der Waals surface area contributed by atoms with Gasteiger partial charge in [0, 0.05) is 50.9 Å². The summed E-state index contributed by atoms with van der Waals surface area (Å²) in [6.45, 7) is 11.3. The fraction of sp³-hybridized carbons (Fsp3) is 0.500. The molecule has 1 amide bonds.